The number of piperazine rings is 1. The average Bonchev–Trinajstić information content (AvgIpc) is 2.74. The third kappa shape index (κ3) is 4.65. The van der Waals surface area contributed by atoms with Crippen molar-refractivity contribution < 1.29 is 0 Å². The van der Waals surface area contributed by atoms with Gasteiger partial charge in [0.15, 0.2) is 0 Å². The fourth-order valence-electron chi connectivity index (χ4n) is 3.17. The zero-order chi connectivity index (χ0) is 20.2. The van der Waals surface area contributed by atoms with Gasteiger partial charge in [-0.1, -0.05) is 36.8 Å². The molecular weight excluding hydrogens is 364 g/mol. The molecule has 150 valence electrons. The second-order valence-electron chi connectivity index (χ2n) is 7.28. The molecule has 3 aromatic rings. The summed E-state index contributed by atoms with van der Waals surface area (Å²) in [5.41, 5.74) is 3.12. The van der Waals surface area contributed by atoms with Crippen molar-refractivity contribution in [1.82, 2.24) is 29.8 Å². The Morgan fingerprint density at radius 2 is 1.66 bits per heavy atom. The molecule has 4 rings (SSSR count). The molecule has 0 amide bonds. The first kappa shape index (κ1) is 19.2. The maximum atomic E-state index is 4.63. The predicted molar refractivity (Wildman–Crippen MR) is 114 cm³/mol. The van der Waals surface area contributed by atoms with Crippen LogP contribution < -0.4 is 10.2 Å². The van der Waals surface area contributed by atoms with Crippen molar-refractivity contribution in [2.24, 2.45) is 0 Å². The van der Waals surface area contributed by atoms with Gasteiger partial charge in [-0.15, -0.1) is 0 Å². The second kappa shape index (κ2) is 8.48. The molecule has 1 aliphatic heterocycles. The molecule has 0 atom stereocenters. The molecule has 0 saturated carbocycles. The molecule has 0 bridgehead atoms. The Bertz CT molecular complexity index is 965. The van der Waals surface area contributed by atoms with Gasteiger partial charge in [-0.3, -0.25) is 5.32 Å². The number of nitrogens with zero attached hydrogens (tertiary/aromatic N) is 7. The number of hydrogen-bond donors (Lipinski definition) is 1. The number of hydrogen-bond acceptors (Lipinski definition) is 8. The highest BCUT2D eigenvalue weighted by molar-refractivity contribution is 5.61. The molecule has 1 aliphatic rings. The van der Waals surface area contributed by atoms with Crippen molar-refractivity contribution in [3.63, 3.8) is 0 Å². The lowest BCUT2D eigenvalue weighted by atomic mass is 10.1. The lowest BCUT2D eigenvalue weighted by molar-refractivity contribution is 0.311. The predicted octanol–water partition coefficient (Wildman–Crippen LogP) is 2.69. The van der Waals surface area contributed by atoms with Crippen LogP contribution in [0, 0.1) is 6.92 Å². The Morgan fingerprint density at radius 1 is 0.897 bits per heavy atom. The van der Waals surface area contributed by atoms with E-state index in [0.29, 0.717) is 17.8 Å². The molecule has 0 spiro atoms. The van der Waals surface area contributed by atoms with E-state index in [4.69, 9.17) is 0 Å². The Balaban J connectivity index is 1.58. The molecule has 3 heterocycles. The Morgan fingerprint density at radius 3 is 2.38 bits per heavy atom. The molecule has 1 fully saturated rings. The zero-order valence-electron chi connectivity index (χ0n) is 17.1. The number of aromatic nitrogens is 5. The standard InChI is InChI=1S/C21H26N8/c1-4-18-24-20(27-21(25-18)29-13-11-28(3)12-14-29)26-19-22-10-9-17(23-19)16-7-5-15(2)6-8-16/h5-10H,4,11-14H2,1-3H3,(H,22,23,24,25,26,27). The quantitative estimate of drug-likeness (QED) is 0.712. The van der Waals surface area contributed by atoms with Gasteiger partial charge in [0.25, 0.3) is 0 Å². The molecular formula is C21H26N8. The number of nitrogens with one attached hydrogen (secondary N) is 1. The summed E-state index contributed by atoms with van der Waals surface area (Å²) < 4.78 is 0. The van der Waals surface area contributed by atoms with Gasteiger partial charge >= 0.3 is 0 Å². The topological polar surface area (TPSA) is 83.0 Å². The zero-order valence-corrected chi connectivity index (χ0v) is 17.1. The van der Waals surface area contributed by atoms with Gasteiger partial charge < -0.3 is 9.80 Å². The minimum Gasteiger partial charge on any atom is -0.338 e. The fraction of sp³-hybridized carbons (Fsp3) is 0.381. The molecule has 2 aromatic heterocycles. The van der Waals surface area contributed by atoms with Crippen molar-refractivity contribution in [2.45, 2.75) is 20.3 Å². The summed E-state index contributed by atoms with van der Waals surface area (Å²) in [6.07, 6.45) is 2.48. The minimum absolute atomic E-state index is 0.473. The molecule has 29 heavy (non-hydrogen) atoms. The van der Waals surface area contributed by atoms with Crippen molar-refractivity contribution >= 4 is 17.8 Å². The molecule has 1 saturated heterocycles. The van der Waals surface area contributed by atoms with Crippen molar-refractivity contribution in [2.75, 3.05) is 43.4 Å². The van der Waals surface area contributed by atoms with Gasteiger partial charge in [-0.05, 0) is 20.0 Å². The third-order valence-corrected chi connectivity index (χ3v) is 5.00. The molecule has 1 N–H and O–H groups in total. The average molecular weight is 390 g/mol. The Labute approximate surface area is 171 Å². The van der Waals surface area contributed by atoms with E-state index < -0.39 is 0 Å². The van der Waals surface area contributed by atoms with Gasteiger partial charge in [0.1, 0.15) is 5.82 Å². The van der Waals surface area contributed by atoms with Crippen LogP contribution in [0.2, 0.25) is 0 Å². The van der Waals surface area contributed by atoms with Crippen LogP contribution in [-0.2, 0) is 6.42 Å². The van der Waals surface area contributed by atoms with E-state index in [1.165, 1.54) is 5.56 Å². The van der Waals surface area contributed by atoms with E-state index in [2.05, 4.69) is 78.3 Å². The van der Waals surface area contributed by atoms with E-state index in [1.807, 2.05) is 13.0 Å². The second-order valence-corrected chi connectivity index (χ2v) is 7.28. The maximum Gasteiger partial charge on any atom is 0.234 e. The normalized spacial score (nSPS) is 14.8. The van der Waals surface area contributed by atoms with Crippen molar-refractivity contribution in [3.8, 4) is 11.3 Å². The lowest BCUT2D eigenvalue weighted by Crippen LogP contribution is -2.45. The summed E-state index contributed by atoms with van der Waals surface area (Å²) >= 11 is 0. The SMILES string of the molecule is CCc1nc(Nc2nccc(-c3ccc(C)cc3)n2)nc(N2CCN(C)CC2)n1. The highest BCUT2D eigenvalue weighted by Gasteiger charge is 2.18. The number of likely N-dealkylation sites (N-methyl/N-ethyl adjacent to an activating group) is 1. The smallest absolute Gasteiger partial charge is 0.234 e. The third-order valence-electron chi connectivity index (χ3n) is 5.00. The molecule has 0 aliphatic carbocycles. The monoisotopic (exact) mass is 390 g/mol. The van der Waals surface area contributed by atoms with Crippen LogP contribution in [0.15, 0.2) is 36.5 Å². The van der Waals surface area contributed by atoms with E-state index in [0.717, 1.165) is 49.7 Å². The van der Waals surface area contributed by atoms with Gasteiger partial charge in [0.05, 0.1) is 5.69 Å². The number of benzene rings is 1. The summed E-state index contributed by atoms with van der Waals surface area (Å²) in [6, 6.07) is 10.2. The number of aryl methyl sites for hydroxylation is 2. The fourth-order valence-corrected chi connectivity index (χ4v) is 3.17. The van der Waals surface area contributed by atoms with Crippen LogP contribution in [0.3, 0.4) is 0 Å². The first-order valence-corrected chi connectivity index (χ1v) is 9.96. The summed E-state index contributed by atoms with van der Waals surface area (Å²) in [5.74, 6) is 2.42. The summed E-state index contributed by atoms with van der Waals surface area (Å²) in [5, 5.41) is 3.17. The van der Waals surface area contributed by atoms with Crippen molar-refractivity contribution in [3.05, 3.63) is 47.9 Å². The Hall–Kier alpha value is -3.13. The highest BCUT2D eigenvalue weighted by atomic mass is 15.3. The largest absolute Gasteiger partial charge is 0.338 e. The van der Waals surface area contributed by atoms with Crippen LogP contribution in [0.4, 0.5) is 17.8 Å². The van der Waals surface area contributed by atoms with Crippen LogP contribution in [-0.4, -0.2) is 63.0 Å². The van der Waals surface area contributed by atoms with E-state index >= 15 is 0 Å². The molecule has 0 unspecified atom stereocenters. The first-order chi connectivity index (χ1) is 14.1. The van der Waals surface area contributed by atoms with Crippen LogP contribution >= 0.6 is 0 Å². The van der Waals surface area contributed by atoms with Gasteiger partial charge in [-0.2, -0.15) is 15.0 Å². The van der Waals surface area contributed by atoms with Gasteiger partial charge in [-0.25, -0.2) is 9.97 Å². The molecule has 1 aromatic carbocycles. The first-order valence-electron chi connectivity index (χ1n) is 9.96. The van der Waals surface area contributed by atoms with Crippen LogP contribution in [0.5, 0.6) is 0 Å². The van der Waals surface area contributed by atoms with Crippen LogP contribution in [0.25, 0.3) is 11.3 Å². The van der Waals surface area contributed by atoms with Gasteiger partial charge in [0.2, 0.25) is 17.8 Å². The minimum atomic E-state index is 0.473. The van der Waals surface area contributed by atoms with E-state index in [1.54, 1.807) is 6.20 Å². The number of rotatable bonds is 5. The molecule has 8 heteroatoms. The summed E-state index contributed by atoms with van der Waals surface area (Å²) in [6.45, 7) is 7.92. The molecule has 8 nitrogen and oxygen atoms in total. The van der Waals surface area contributed by atoms with Gasteiger partial charge in [0, 0.05) is 44.4 Å². The Kier molecular flexibility index (Phi) is 5.62. The van der Waals surface area contributed by atoms with Crippen LogP contribution in [0.1, 0.15) is 18.3 Å². The van der Waals surface area contributed by atoms with E-state index in [-0.39, 0.29) is 0 Å². The number of anilines is 3. The highest BCUT2D eigenvalue weighted by Crippen LogP contribution is 2.20. The maximum absolute atomic E-state index is 4.63. The summed E-state index contributed by atoms with van der Waals surface area (Å²) in [4.78, 5) is 27.3. The van der Waals surface area contributed by atoms with E-state index in [9.17, 15) is 0 Å². The summed E-state index contributed by atoms with van der Waals surface area (Å²) in [7, 11) is 2.13. The lowest BCUT2D eigenvalue weighted by Gasteiger charge is -2.32. The molecule has 0 radical (unpaired) electrons. The van der Waals surface area contributed by atoms with Crippen molar-refractivity contribution in [1.29, 1.82) is 0 Å².